The number of halogens is 3. The predicted molar refractivity (Wildman–Crippen MR) is 60.0 cm³/mol. The van der Waals surface area contributed by atoms with Crippen LogP contribution in [-0.4, -0.2) is 40.8 Å². The van der Waals surface area contributed by atoms with Crippen molar-refractivity contribution >= 4 is 11.6 Å². The average molecular weight is 264 g/mol. The minimum atomic E-state index is -4.44. The standard InChI is InChI=1S/C10H15F3N4O/c1-3-4-6-7(14)8(16-15-6)9(18)17(2)5-10(11,12)13/h3-5,14H2,1-2H3,(H,15,16). The molecule has 102 valence electrons. The molecule has 1 aromatic heterocycles. The number of aromatic amines is 1. The quantitative estimate of drug-likeness (QED) is 0.867. The summed E-state index contributed by atoms with van der Waals surface area (Å²) in [5.41, 5.74) is 6.20. The molecule has 0 atom stereocenters. The number of nitrogen functional groups attached to an aromatic ring is 1. The van der Waals surface area contributed by atoms with E-state index in [1.165, 1.54) is 0 Å². The van der Waals surface area contributed by atoms with Crippen LogP contribution in [-0.2, 0) is 6.42 Å². The number of aryl methyl sites for hydroxylation is 1. The van der Waals surface area contributed by atoms with Gasteiger partial charge in [-0.1, -0.05) is 13.3 Å². The molecule has 1 rings (SSSR count). The van der Waals surface area contributed by atoms with Crippen molar-refractivity contribution in [3.63, 3.8) is 0 Å². The maximum Gasteiger partial charge on any atom is 0.406 e. The molecule has 0 fully saturated rings. The number of nitrogens with one attached hydrogen (secondary N) is 1. The molecule has 0 saturated carbocycles. The first-order valence-electron chi connectivity index (χ1n) is 5.41. The molecule has 8 heteroatoms. The van der Waals surface area contributed by atoms with Crippen LogP contribution >= 0.6 is 0 Å². The van der Waals surface area contributed by atoms with E-state index in [1.54, 1.807) is 0 Å². The fraction of sp³-hybridized carbons (Fsp3) is 0.600. The second kappa shape index (κ2) is 5.28. The maximum absolute atomic E-state index is 12.2. The summed E-state index contributed by atoms with van der Waals surface area (Å²) >= 11 is 0. The van der Waals surface area contributed by atoms with Crippen molar-refractivity contribution in [2.75, 3.05) is 19.3 Å². The van der Waals surface area contributed by atoms with Crippen molar-refractivity contribution in [1.82, 2.24) is 15.1 Å². The Balaban J connectivity index is 2.84. The van der Waals surface area contributed by atoms with E-state index in [2.05, 4.69) is 10.2 Å². The van der Waals surface area contributed by atoms with E-state index in [9.17, 15) is 18.0 Å². The summed E-state index contributed by atoms with van der Waals surface area (Å²) in [4.78, 5) is 12.3. The van der Waals surface area contributed by atoms with Gasteiger partial charge in [-0.25, -0.2) is 0 Å². The first-order chi connectivity index (χ1) is 8.26. The third-order valence-electron chi connectivity index (χ3n) is 2.35. The molecule has 0 bridgehead atoms. The Hall–Kier alpha value is -1.73. The second-order valence-electron chi connectivity index (χ2n) is 3.99. The number of amides is 1. The highest BCUT2D eigenvalue weighted by Gasteiger charge is 2.32. The van der Waals surface area contributed by atoms with Crippen LogP contribution in [0.5, 0.6) is 0 Å². The molecule has 0 aliphatic heterocycles. The molecule has 0 aromatic carbocycles. The van der Waals surface area contributed by atoms with Gasteiger partial charge in [0, 0.05) is 7.05 Å². The largest absolute Gasteiger partial charge is 0.406 e. The fourth-order valence-electron chi connectivity index (χ4n) is 1.51. The maximum atomic E-state index is 12.2. The van der Waals surface area contributed by atoms with E-state index in [0.717, 1.165) is 13.5 Å². The molecule has 1 amide bonds. The van der Waals surface area contributed by atoms with E-state index in [4.69, 9.17) is 5.73 Å². The van der Waals surface area contributed by atoms with Gasteiger partial charge in [0.25, 0.3) is 5.91 Å². The van der Waals surface area contributed by atoms with E-state index >= 15 is 0 Å². The van der Waals surface area contributed by atoms with Gasteiger partial charge >= 0.3 is 6.18 Å². The molecular weight excluding hydrogens is 249 g/mol. The van der Waals surface area contributed by atoms with Gasteiger partial charge in [-0.15, -0.1) is 0 Å². The highest BCUT2D eigenvalue weighted by molar-refractivity contribution is 5.97. The monoisotopic (exact) mass is 264 g/mol. The van der Waals surface area contributed by atoms with Crippen molar-refractivity contribution in [3.05, 3.63) is 11.4 Å². The lowest BCUT2D eigenvalue weighted by Crippen LogP contribution is -2.36. The molecule has 1 aromatic rings. The minimum absolute atomic E-state index is 0.121. The average Bonchev–Trinajstić information content (AvgIpc) is 2.58. The summed E-state index contributed by atoms with van der Waals surface area (Å²) < 4.78 is 36.5. The number of aromatic nitrogens is 2. The van der Waals surface area contributed by atoms with Crippen molar-refractivity contribution in [3.8, 4) is 0 Å². The van der Waals surface area contributed by atoms with Crippen LogP contribution in [0.2, 0.25) is 0 Å². The number of H-pyrrole nitrogens is 1. The molecule has 0 radical (unpaired) electrons. The summed E-state index contributed by atoms with van der Waals surface area (Å²) in [5, 5.41) is 6.25. The summed E-state index contributed by atoms with van der Waals surface area (Å²) in [6.07, 6.45) is -3.06. The van der Waals surface area contributed by atoms with Crippen LogP contribution in [0.3, 0.4) is 0 Å². The molecule has 0 unspecified atom stereocenters. The number of rotatable bonds is 4. The normalized spacial score (nSPS) is 11.6. The molecule has 0 aliphatic rings. The predicted octanol–water partition coefficient (Wildman–Crippen LogP) is 1.58. The van der Waals surface area contributed by atoms with Crippen molar-refractivity contribution < 1.29 is 18.0 Å². The molecule has 18 heavy (non-hydrogen) atoms. The van der Waals surface area contributed by atoms with Gasteiger partial charge in [0.05, 0.1) is 11.4 Å². The molecule has 5 nitrogen and oxygen atoms in total. The van der Waals surface area contributed by atoms with E-state index in [0.29, 0.717) is 17.0 Å². The summed E-state index contributed by atoms with van der Waals surface area (Å²) in [6.45, 7) is 0.582. The summed E-state index contributed by atoms with van der Waals surface area (Å²) in [6, 6.07) is 0. The first kappa shape index (κ1) is 14.3. The van der Waals surface area contributed by atoms with Crippen LogP contribution in [0.4, 0.5) is 18.9 Å². The number of carbonyl (C=O) groups is 1. The molecule has 0 spiro atoms. The van der Waals surface area contributed by atoms with Crippen LogP contribution in [0, 0.1) is 0 Å². The molecule has 1 heterocycles. The molecule has 3 N–H and O–H groups in total. The topological polar surface area (TPSA) is 75.0 Å². The zero-order chi connectivity index (χ0) is 13.9. The zero-order valence-electron chi connectivity index (χ0n) is 10.1. The number of nitrogens with zero attached hydrogens (tertiary/aromatic N) is 2. The zero-order valence-corrected chi connectivity index (χ0v) is 10.1. The Kier molecular flexibility index (Phi) is 4.20. The Morgan fingerprint density at radius 3 is 2.61 bits per heavy atom. The number of nitrogens with two attached hydrogens (primary N) is 1. The van der Waals surface area contributed by atoms with E-state index in [-0.39, 0.29) is 11.4 Å². The van der Waals surface area contributed by atoms with Gasteiger partial charge in [0.15, 0.2) is 5.69 Å². The number of alkyl halides is 3. The highest BCUT2D eigenvalue weighted by Crippen LogP contribution is 2.20. The Labute approximate surface area is 102 Å². The SMILES string of the molecule is CCCc1[nH]nc(C(=O)N(C)CC(F)(F)F)c1N. The van der Waals surface area contributed by atoms with Gasteiger partial charge in [0.1, 0.15) is 6.54 Å². The fourth-order valence-corrected chi connectivity index (χ4v) is 1.51. The van der Waals surface area contributed by atoms with Crippen molar-refractivity contribution in [2.45, 2.75) is 25.9 Å². The minimum Gasteiger partial charge on any atom is -0.395 e. The Morgan fingerprint density at radius 2 is 2.11 bits per heavy atom. The first-order valence-corrected chi connectivity index (χ1v) is 5.41. The van der Waals surface area contributed by atoms with Crippen LogP contribution in [0.15, 0.2) is 0 Å². The number of hydrogen-bond donors (Lipinski definition) is 2. The highest BCUT2D eigenvalue weighted by atomic mass is 19.4. The van der Waals surface area contributed by atoms with E-state index in [1.807, 2.05) is 6.92 Å². The molecule has 0 aliphatic carbocycles. The van der Waals surface area contributed by atoms with Crippen LogP contribution in [0.25, 0.3) is 0 Å². The van der Waals surface area contributed by atoms with Gasteiger partial charge in [0.2, 0.25) is 0 Å². The molecular formula is C10H15F3N4O. The number of anilines is 1. The third-order valence-corrected chi connectivity index (χ3v) is 2.35. The Morgan fingerprint density at radius 1 is 1.50 bits per heavy atom. The van der Waals surface area contributed by atoms with Gasteiger partial charge < -0.3 is 10.6 Å². The lowest BCUT2D eigenvalue weighted by atomic mass is 10.2. The van der Waals surface area contributed by atoms with Crippen molar-refractivity contribution in [2.24, 2.45) is 0 Å². The van der Waals surface area contributed by atoms with E-state index < -0.39 is 18.6 Å². The van der Waals surface area contributed by atoms with Gasteiger partial charge in [-0.2, -0.15) is 18.3 Å². The smallest absolute Gasteiger partial charge is 0.395 e. The van der Waals surface area contributed by atoms with Gasteiger partial charge in [-0.3, -0.25) is 9.89 Å². The van der Waals surface area contributed by atoms with Crippen LogP contribution in [0.1, 0.15) is 29.5 Å². The summed E-state index contributed by atoms with van der Waals surface area (Å²) in [5.74, 6) is -0.844. The van der Waals surface area contributed by atoms with Crippen molar-refractivity contribution in [1.29, 1.82) is 0 Å². The third kappa shape index (κ3) is 3.38. The second-order valence-corrected chi connectivity index (χ2v) is 3.99. The number of carbonyl (C=O) groups excluding carboxylic acids is 1. The lowest BCUT2D eigenvalue weighted by molar-refractivity contribution is -0.138. The Bertz CT molecular complexity index is 427. The summed E-state index contributed by atoms with van der Waals surface area (Å²) in [7, 11) is 1.06. The van der Waals surface area contributed by atoms with Crippen LogP contribution < -0.4 is 5.73 Å². The van der Waals surface area contributed by atoms with Gasteiger partial charge in [-0.05, 0) is 6.42 Å². The lowest BCUT2D eigenvalue weighted by Gasteiger charge is -2.17. The number of hydrogen-bond acceptors (Lipinski definition) is 3. The molecule has 0 saturated heterocycles.